The lowest BCUT2D eigenvalue weighted by Gasteiger charge is -2.18. The van der Waals surface area contributed by atoms with Gasteiger partial charge < -0.3 is 4.74 Å². The van der Waals surface area contributed by atoms with E-state index in [-0.39, 0.29) is 0 Å². The van der Waals surface area contributed by atoms with Gasteiger partial charge in [-0.1, -0.05) is 84.9 Å². The fourth-order valence-corrected chi connectivity index (χ4v) is 3.52. The summed E-state index contributed by atoms with van der Waals surface area (Å²) < 4.78 is 5.88. The molecule has 0 saturated carbocycles. The predicted octanol–water partition coefficient (Wildman–Crippen LogP) is 6.05. The van der Waals surface area contributed by atoms with Crippen molar-refractivity contribution < 1.29 is 4.74 Å². The van der Waals surface area contributed by atoms with Gasteiger partial charge in [-0.15, -0.1) is 0 Å². The summed E-state index contributed by atoms with van der Waals surface area (Å²) in [6, 6.07) is 33.8. The first-order valence-electron chi connectivity index (χ1n) is 9.69. The number of ether oxygens (including phenoxy) is 1. The molecule has 0 radical (unpaired) electrons. The zero-order valence-corrected chi connectivity index (χ0v) is 16.2. The second-order valence-electron chi connectivity index (χ2n) is 7.23. The molecule has 0 N–H and O–H groups in total. The van der Waals surface area contributed by atoms with Gasteiger partial charge in [-0.3, -0.25) is 4.90 Å². The third-order valence-corrected chi connectivity index (χ3v) is 4.94. The van der Waals surface area contributed by atoms with Crippen molar-refractivity contribution in [3.63, 3.8) is 0 Å². The molecule has 0 aliphatic carbocycles. The molecule has 28 heavy (non-hydrogen) atoms. The SMILES string of the molecule is CN(Cc1ccc(OCc2ccccc2)cc1)Cc1cccc2ccccc12. The Morgan fingerprint density at radius 2 is 1.36 bits per heavy atom. The second-order valence-corrected chi connectivity index (χ2v) is 7.23. The zero-order valence-electron chi connectivity index (χ0n) is 16.2. The van der Waals surface area contributed by atoms with E-state index >= 15 is 0 Å². The Bertz CT molecular complexity index is 1020. The van der Waals surface area contributed by atoms with Crippen LogP contribution in [0.25, 0.3) is 10.8 Å². The molecule has 0 spiro atoms. The van der Waals surface area contributed by atoms with E-state index in [1.54, 1.807) is 0 Å². The Balaban J connectivity index is 1.36. The van der Waals surface area contributed by atoms with Gasteiger partial charge in [0.15, 0.2) is 0 Å². The molecule has 4 aromatic carbocycles. The maximum atomic E-state index is 5.88. The van der Waals surface area contributed by atoms with Crippen molar-refractivity contribution in [3.8, 4) is 5.75 Å². The first-order chi connectivity index (χ1) is 13.8. The van der Waals surface area contributed by atoms with E-state index < -0.39 is 0 Å². The largest absolute Gasteiger partial charge is 0.489 e. The zero-order chi connectivity index (χ0) is 19.2. The van der Waals surface area contributed by atoms with Crippen LogP contribution >= 0.6 is 0 Å². The number of rotatable bonds is 7. The van der Waals surface area contributed by atoms with Crippen molar-refractivity contribution in [1.29, 1.82) is 0 Å². The minimum atomic E-state index is 0.598. The third kappa shape index (κ3) is 4.59. The molecule has 0 amide bonds. The van der Waals surface area contributed by atoms with E-state index in [1.165, 1.54) is 27.5 Å². The first kappa shape index (κ1) is 18.3. The molecular weight excluding hydrogens is 342 g/mol. The van der Waals surface area contributed by atoms with Crippen molar-refractivity contribution in [2.45, 2.75) is 19.7 Å². The smallest absolute Gasteiger partial charge is 0.119 e. The summed E-state index contributed by atoms with van der Waals surface area (Å²) >= 11 is 0. The highest BCUT2D eigenvalue weighted by Crippen LogP contribution is 2.21. The van der Waals surface area contributed by atoms with Gasteiger partial charge >= 0.3 is 0 Å². The van der Waals surface area contributed by atoms with Crippen molar-refractivity contribution in [3.05, 3.63) is 114 Å². The monoisotopic (exact) mass is 367 g/mol. The number of benzene rings is 4. The van der Waals surface area contributed by atoms with E-state index in [4.69, 9.17) is 4.74 Å². The van der Waals surface area contributed by atoms with Gasteiger partial charge in [0, 0.05) is 13.1 Å². The van der Waals surface area contributed by atoms with Gasteiger partial charge in [0.05, 0.1) is 0 Å². The van der Waals surface area contributed by atoms with Gasteiger partial charge in [-0.05, 0) is 46.6 Å². The van der Waals surface area contributed by atoms with Crippen LogP contribution in [0.1, 0.15) is 16.7 Å². The first-order valence-corrected chi connectivity index (χ1v) is 9.69. The van der Waals surface area contributed by atoms with Crippen molar-refractivity contribution in [2.75, 3.05) is 7.05 Å². The average Bonchev–Trinajstić information content (AvgIpc) is 2.74. The van der Waals surface area contributed by atoms with Crippen LogP contribution in [0.4, 0.5) is 0 Å². The summed E-state index contributed by atoms with van der Waals surface area (Å²) in [7, 11) is 2.17. The number of fused-ring (bicyclic) bond motifs is 1. The summed E-state index contributed by atoms with van der Waals surface area (Å²) in [4.78, 5) is 2.35. The van der Waals surface area contributed by atoms with Crippen LogP contribution < -0.4 is 4.74 Å². The standard InChI is InChI=1S/C26H25NO/c1-27(19-24-12-7-11-23-10-5-6-13-26(23)24)18-21-14-16-25(17-15-21)28-20-22-8-3-2-4-9-22/h2-17H,18-20H2,1H3. The molecule has 0 aromatic heterocycles. The molecule has 2 nitrogen and oxygen atoms in total. The van der Waals surface area contributed by atoms with Crippen LogP contribution in [0.2, 0.25) is 0 Å². The Hall–Kier alpha value is -3.10. The Kier molecular flexibility index (Phi) is 5.69. The number of nitrogens with zero attached hydrogens (tertiary/aromatic N) is 1. The summed E-state index contributed by atoms with van der Waals surface area (Å²) in [5.41, 5.74) is 3.83. The minimum absolute atomic E-state index is 0.598. The predicted molar refractivity (Wildman–Crippen MR) is 116 cm³/mol. The third-order valence-electron chi connectivity index (χ3n) is 4.94. The van der Waals surface area contributed by atoms with Crippen LogP contribution in [0.15, 0.2) is 97.1 Å². The fourth-order valence-electron chi connectivity index (χ4n) is 3.52. The van der Waals surface area contributed by atoms with Crippen LogP contribution in [0, 0.1) is 0 Å². The van der Waals surface area contributed by atoms with Crippen LogP contribution in [0.5, 0.6) is 5.75 Å². The molecule has 0 unspecified atom stereocenters. The van der Waals surface area contributed by atoms with Crippen molar-refractivity contribution in [1.82, 2.24) is 4.90 Å². The topological polar surface area (TPSA) is 12.5 Å². The van der Waals surface area contributed by atoms with E-state index in [0.29, 0.717) is 6.61 Å². The molecule has 140 valence electrons. The number of hydrogen-bond donors (Lipinski definition) is 0. The Morgan fingerprint density at radius 3 is 2.18 bits per heavy atom. The van der Waals surface area contributed by atoms with Gasteiger partial charge in [0.2, 0.25) is 0 Å². The van der Waals surface area contributed by atoms with Crippen LogP contribution in [0.3, 0.4) is 0 Å². The van der Waals surface area contributed by atoms with Gasteiger partial charge in [0.1, 0.15) is 12.4 Å². The highest BCUT2D eigenvalue weighted by molar-refractivity contribution is 5.85. The minimum Gasteiger partial charge on any atom is -0.489 e. The van der Waals surface area contributed by atoms with Crippen molar-refractivity contribution in [2.24, 2.45) is 0 Å². The van der Waals surface area contributed by atoms with Crippen molar-refractivity contribution >= 4 is 10.8 Å². The summed E-state index contributed by atoms with van der Waals surface area (Å²) in [6.45, 7) is 2.43. The Labute approximate surface area is 167 Å². The quantitative estimate of drug-likeness (QED) is 0.394. The lowest BCUT2D eigenvalue weighted by molar-refractivity contribution is 0.304. The molecule has 0 heterocycles. The van der Waals surface area contributed by atoms with E-state index in [0.717, 1.165) is 18.8 Å². The molecule has 2 heteroatoms. The maximum absolute atomic E-state index is 5.88. The van der Waals surface area contributed by atoms with Gasteiger partial charge in [-0.2, -0.15) is 0 Å². The Morgan fingerprint density at radius 1 is 0.643 bits per heavy atom. The normalized spacial score (nSPS) is 11.1. The maximum Gasteiger partial charge on any atom is 0.119 e. The molecule has 4 aromatic rings. The van der Waals surface area contributed by atoms with E-state index in [9.17, 15) is 0 Å². The molecule has 0 aliphatic rings. The van der Waals surface area contributed by atoms with E-state index in [2.05, 4.69) is 90.8 Å². The highest BCUT2D eigenvalue weighted by atomic mass is 16.5. The molecule has 4 rings (SSSR count). The summed E-state index contributed by atoms with van der Waals surface area (Å²) in [5.74, 6) is 0.907. The molecule has 0 atom stereocenters. The molecule has 0 fully saturated rings. The molecular formula is C26H25NO. The fraction of sp³-hybridized carbons (Fsp3) is 0.154. The van der Waals surface area contributed by atoms with E-state index in [1.807, 2.05) is 18.2 Å². The van der Waals surface area contributed by atoms with Crippen LogP contribution in [-0.2, 0) is 19.7 Å². The lowest BCUT2D eigenvalue weighted by Crippen LogP contribution is -2.17. The highest BCUT2D eigenvalue weighted by Gasteiger charge is 2.06. The summed E-state index contributed by atoms with van der Waals surface area (Å²) in [5, 5.41) is 2.63. The summed E-state index contributed by atoms with van der Waals surface area (Å²) in [6.07, 6.45) is 0. The average molecular weight is 367 g/mol. The molecule has 0 aliphatic heterocycles. The lowest BCUT2D eigenvalue weighted by atomic mass is 10.0. The number of hydrogen-bond acceptors (Lipinski definition) is 2. The molecule has 0 saturated heterocycles. The van der Waals surface area contributed by atoms with Gasteiger partial charge in [-0.25, -0.2) is 0 Å². The molecule has 0 bridgehead atoms. The van der Waals surface area contributed by atoms with Crippen LogP contribution in [-0.4, -0.2) is 11.9 Å². The second kappa shape index (κ2) is 8.73. The van der Waals surface area contributed by atoms with Gasteiger partial charge in [0.25, 0.3) is 0 Å².